The molecule has 2 aromatic rings. The highest BCUT2D eigenvalue weighted by Gasteiger charge is 1.96. The van der Waals surface area contributed by atoms with E-state index in [1.54, 1.807) is 0 Å². The first-order valence-electron chi connectivity index (χ1n) is 5.56. The van der Waals surface area contributed by atoms with Gasteiger partial charge in [0.05, 0.1) is 6.33 Å². The number of hydrogen-bond acceptors (Lipinski definition) is 3. The van der Waals surface area contributed by atoms with Crippen LogP contribution in [0.15, 0.2) is 30.9 Å². The van der Waals surface area contributed by atoms with Crippen LogP contribution in [0.2, 0.25) is 0 Å². The largest absolute Gasteiger partial charge is 0.337 e. The van der Waals surface area contributed by atoms with E-state index in [1.165, 1.54) is 9.75 Å². The monoisotopic (exact) mass is 271 g/mol. The summed E-state index contributed by atoms with van der Waals surface area (Å²) in [6.45, 7) is 5.22. The van der Waals surface area contributed by atoms with Crippen LogP contribution >= 0.6 is 23.7 Å². The van der Waals surface area contributed by atoms with Crippen molar-refractivity contribution in [1.82, 2.24) is 14.9 Å². The molecule has 94 valence electrons. The predicted molar refractivity (Wildman–Crippen MR) is 74.9 cm³/mol. The minimum Gasteiger partial charge on any atom is -0.337 e. The van der Waals surface area contributed by atoms with Gasteiger partial charge in [0.2, 0.25) is 0 Å². The normalized spacial score (nSPS) is 10.2. The summed E-state index contributed by atoms with van der Waals surface area (Å²) in [6.07, 6.45) is 6.83. The van der Waals surface area contributed by atoms with Gasteiger partial charge in [-0.05, 0) is 32.0 Å². The van der Waals surface area contributed by atoms with Crippen LogP contribution in [0.3, 0.4) is 0 Å². The second-order valence-electron chi connectivity index (χ2n) is 3.84. The van der Waals surface area contributed by atoms with Gasteiger partial charge in [-0.3, -0.25) is 0 Å². The Bertz CT molecular complexity index is 411. The van der Waals surface area contributed by atoms with Crippen molar-refractivity contribution >= 4 is 23.7 Å². The molecule has 0 aliphatic heterocycles. The number of hydrogen-bond donors (Lipinski definition) is 1. The van der Waals surface area contributed by atoms with Crippen LogP contribution < -0.4 is 5.32 Å². The predicted octanol–water partition coefficient (Wildman–Crippen LogP) is 2.85. The fourth-order valence-corrected chi connectivity index (χ4v) is 2.46. The minimum absolute atomic E-state index is 0. The summed E-state index contributed by atoms with van der Waals surface area (Å²) < 4.78 is 2.11. The number of halogens is 1. The second-order valence-corrected chi connectivity index (χ2v) is 5.22. The Hall–Kier alpha value is -0.840. The smallest absolute Gasteiger partial charge is 0.0945 e. The van der Waals surface area contributed by atoms with Gasteiger partial charge in [-0.1, -0.05) is 0 Å². The standard InChI is InChI=1S/C12H17N3S.ClH/c1-11-3-4-12(16-11)9-13-5-2-7-15-8-6-14-10-15;/h3-4,6,8,10,13H,2,5,7,9H2,1H3;1H. The van der Waals surface area contributed by atoms with Gasteiger partial charge in [-0.15, -0.1) is 23.7 Å². The summed E-state index contributed by atoms with van der Waals surface area (Å²) in [4.78, 5) is 6.82. The lowest BCUT2D eigenvalue weighted by molar-refractivity contribution is 0.583. The summed E-state index contributed by atoms with van der Waals surface area (Å²) >= 11 is 1.87. The van der Waals surface area contributed by atoms with Crippen molar-refractivity contribution in [3.63, 3.8) is 0 Å². The average Bonchev–Trinajstić information content (AvgIpc) is 2.89. The number of imidazole rings is 1. The van der Waals surface area contributed by atoms with Crippen LogP contribution in [-0.2, 0) is 13.1 Å². The minimum atomic E-state index is 0. The zero-order chi connectivity index (χ0) is 11.2. The molecular formula is C12H18ClN3S. The Morgan fingerprint density at radius 3 is 2.94 bits per heavy atom. The molecule has 1 N–H and O–H groups in total. The highest BCUT2D eigenvalue weighted by atomic mass is 35.5. The van der Waals surface area contributed by atoms with Crippen molar-refractivity contribution < 1.29 is 0 Å². The molecular weight excluding hydrogens is 254 g/mol. The van der Waals surface area contributed by atoms with Gasteiger partial charge in [0.1, 0.15) is 0 Å². The lowest BCUT2D eigenvalue weighted by Crippen LogP contribution is -2.15. The number of nitrogens with zero attached hydrogens (tertiary/aromatic N) is 2. The Kier molecular flexibility index (Phi) is 6.26. The lowest BCUT2D eigenvalue weighted by atomic mass is 10.4. The Balaban J connectivity index is 0.00000144. The van der Waals surface area contributed by atoms with E-state index in [9.17, 15) is 0 Å². The summed E-state index contributed by atoms with van der Waals surface area (Å²) in [5.74, 6) is 0. The molecule has 2 aromatic heterocycles. The fourth-order valence-electron chi connectivity index (χ4n) is 1.60. The first-order valence-corrected chi connectivity index (χ1v) is 6.38. The van der Waals surface area contributed by atoms with E-state index in [2.05, 4.69) is 33.9 Å². The Morgan fingerprint density at radius 1 is 1.41 bits per heavy atom. The third-order valence-electron chi connectivity index (χ3n) is 2.42. The van der Waals surface area contributed by atoms with E-state index in [-0.39, 0.29) is 12.4 Å². The van der Waals surface area contributed by atoms with E-state index in [1.807, 2.05) is 30.1 Å². The zero-order valence-corrected chi connectivity index (χ0v) is 11.6. The van der Waals surface area contributed by atoms with Crippen molar-refractivity contribution in [3.8, 4) is 0 Å². The van der Waals surface area contributed by atoms with E-state index < -0.39 is 0 Å². The van der Waals surface area contributed by atoms with E-state index >= 15 is 0 Å². The molecule has 3 nitrogen and oxygen atoms in total. The Morgan fingerprint density at radius 2 is 2.29 bits per heavy atom. The zero-order valence-electron chi connectivity index (χ0n) is 9.93. The second kappa shape index (κ2) is 7.48. The van der Waals surface area contributed by atoms with Crippen molar-refractivity contribution in [2.24, 2.45) is 0 Å². The van der Waals surface area contributed by atoms with Crippen molar-refractivity contribution in [2.75, 3.05) is 6.54 Å². The molecule has 0 saturated heterocycles. The number of rotatable bonds is 6. The van der Waals surface area contributed by atoms with E-state index in [4.69, 9.17) is 0 Å². The molecule has 0 unspecified atom stereocenters. The average molecular weight is 272 g/mol. The van der Waals surface area contributed by atoms with Gasteiger partial charge >= 0.3 is 0 Å². The first kappa shape index (κ1) is 14.2. The number of thiophene rings is 1. The van der Waals surface area contributed by atoms with Crippen molar-refractivity contribution in [3.05, 3.63) is 40.6 Å². The molecule has 0 atom stereocenters. The third kappa shape index (κ3) is 4.89. The highest BCUT2D eigenvalue weighted by molar-refractivity contribution is 7.11. The van der Waals surface area contributed by atoms with Gasteiger partial charge in [-0.2, -0.15) is 0 Å². The molecule has 0 spiro atoms. The number of aromatic nitrogens is 2. The maximum atomic E-state index is 4.02. The number of aryl methyl sites for hydroxylation is 2. The summed E-state index contributed by atoms with van der Waals surface area (Å²) in [7, 11) is 0. The van der Waals surface area contributed by atoms with Crippen LogP contribution in [0.1, 0.15) is 16.2 Å². The molecule has 2 heterocycles. The van der Waals surface area contributed by atoms with Crippen LogP contribution in [0.25, 0.3) is 0 Å². The third-order valence-corrected chi connectivity index (χ3v) is 3.42. The van der Waals surface area contributed by atoms with Gasteiger partial charge < -0.3 is 9.88 Å². The van der Waals surface area contributed by atoms with Gasteiger partial charge in [0, 0.05) is 35.2 Å². The summed E-state index contributed by atoms with van der Waals surface area (Å²) in [5.41, 5.74) is 0. The molecule has 0 saturated carbocycles. The first-order chi connectivity index (χ1) is 7.84. The Labute approximate surface area is 112 Å². The number of nitrogens with one attached hydrogen (secondary N) is 1. The maximum Gasteiger partial charge on any atom is 0.0945 e. The SMILES string of the molecule is Cc1ccc(CNCCCn2ccnc2)s1.Cl. The lowest BCUT2D eigenvalue weighted by Gasteiger charge is -2.03. The molecule has 0 amide bonds. The van der Waals surface area contributed by atoms with Gasteiger partial charge in [-0.25, -0.2) is 4.98 Å². The van der Waals surface area contributed by atoms with Crippen molar-refractivity contribution in [2.45, 2.75) is 26.4 Å². The summed E-state index contributed by atoms with van der Waals surface area (Å²) in [5, 5.41) is 3.45. The fraction of sp³-hybridized carbons (Fsp3) is 0.417. The van der Waals surface area contributed by atoms with Crippen LogP contribution in [0, 0.1) is 6.92 Å². The quantitative estimate of drug-likeness (QED) is 0.819. The van der Waals surface area contributed by atoms with Crippen LogP contribution in [-0.4, -0.2) is 16.1 Å². The van der Waals surface area contributed by atoms with E-state index in [0.717, 1.165) is 26.1 Å². The van der Waals surface area contributed by atoms with E-state index in [0.29, 0.717) is 0 Å². The molecule has 0 bridgehead atoms. The van der Waals surface area contributed by atoms with Crippen molar-refractivity contribution in [1.29, 1.82) is 0 Å². The molecule has 2 rings (SSSR count). The molecule has 17 heavy (non-hydrogen) atoms. The highest BCUT2D eigenvalue weighted by Crippen LogP contribution is 2.14. The molecule has 0 radical (unpaired) electrons. The molecule has 0 fully saturated rings. The van der Waals surface area contributed by atoms with Crippen LogP contribution in [0.5, 0.6) is 0 Å². The molecule has 0 aliphatic rings. The molecule has 0 aromatic carbocycles. The van der Waals surface area contributed by atoms with Crippen LogP contribution in [0.4, 0.5) is 0 Å². The molecule has 0 aliphatic carbocycles. The topological polar surface area (TPSA) is 29.9 Å². The maximum absolute atomic E-state index is 4.02. The molecule has 5 heteroatoms. The summed E-state index contributed by atoms with van der Waals surface area (Å²) in [6, 6.07) is 4.37. The van der Waals surface area contributed by atoms with Gasteiger partial charge in [0.15, 0.2) is 0 Å². The van der Waals surface area contributed by atoms with Gasteiger partial charge in [0.25, 0.3) is 0 Å².